The number of hydrogen-bond donors (Lipinski definition) is 3. The van der Waals surface area contributed by atoms with Gasteiger partial charge in [0.1, 0.15) is 0 Å². The molecule has 0 atom stereocenters. The fourth-order valence-corrected chi connectivity index (χ4v) is 2.51. The summed E-state index contributed by atoms with van der Waals surface area (Å²) in [5, 5.41) is 22.8. The van der Waals surface area contributed by atoms with Crippen molar-refractivity contribution in [2.24, 2.45) is 0 Å². The van der Waals surface area contributed by atoms with E-state index in [0.717, 1.165) is 31.1 Å². The molecule has 0 aliphatic carbocycles. The van der Waals surface area contributed by atoms with Gasteiger partial charge in [0.25, 0.3) is 0 Å². The fourth-order valence-electron chi connectivity index (χ4n) is 2.51. The van der Waals surface area contributed by atoms with Gasteiger partial charge in [-0.3, -0.25) is 4.89 Å². The lowest BCUT2D eigenvalue weighted by Crippen LogP contribution is -2.04. The lowest BCUT2D eigenvalue weighted by atomic mass is 10.1. The third kappa shape index (κ3) is 58.6. The van der Waals surface area contributed by atoms with Gasteiger partial charge in [0.15, 0.2) is 0 Å². The molecule has 0 aromatic carbocycles. The summed E-state index contributed by atoms with van der Waals surface area (Å²) < 4.78 is 0. The van der Waals surface area contributed by atoms with Gasteiger partial charge >= 0.3 is 23.9 Å². The van der Waals surface area contributed by atoms with Crippen LogP contribution in [0.1, 0.15) is 104 Å². The van der Waals surface area contributed by atoms with Crippen molar-refractivity contribution >= 4 is 23.9 Å². The molecule has 0 saturated carbocycles. The highest BCUT2D eigenvalue weighted by molar-refractivity contribution is 5.79. The molecule has 0 rings (SSSR count). The van der Waals surface area contributed by atoms with E-state index in [1.165, 1.54) is 70.6 Å². The van der Waals surface area contributed by atoms with E-state index < -0.39 is 17.9 Å². The van der Waals surface area contributed by atoms with Gasteiger partial charge in [0.2, 0.25) is 0 Å². The molecule has 0 aromatic heterocycles. The molecule has 0 unspecified atom stereocenters. The maximum atomic E-state index is 11.2. The molecule has 0 radical (unpaired) electrons. The number of rotatable bonds is 20. The molecular formula is C29H50O9. The molecule has 0 aliphatic heterocycles. The minimum Gasteiger partial charge on any atom is -0.478 e. The highest BCUT2D eigenvalue weighted by atomic mass is 17.2. The average Bonchev–Trinajstić information content (AvgIpc) is 2.90. The Hall–Kier alpha value is -3.20. The van der Waals surface area contributed by atoms with Crippen LogP contribution in [0.2, 0.25) is 0 Å². The van der Waals surface area contributed by atoms with E-state index in [2.05, 4.69) is 48.6 Å². The van der Waals surface area contributed by atoms with Crippen LogP contribution in [0.25, 0.3) is 0 Å². The number of aliphatic carboxylic acids is 3. The van der Waals surface area contributed by atoms with E-state index in [0.29, 0.717) is 13.0 Å². The number of carboxylic acids is 3. The van der Waals surface area contributed by atoms with Gasteiger partial charge in [-0.25, -0.2) is 19.2 Å². The van der Waals surface area contributed by atoms with Gasteiger partial charge in [-0.2, -0.15) is 4.89 Å². The first-order valence-corrected chi connectivity index (χ1v) is 13.2. The number of carboxylic acid groups (broad SMARTS) is 3. The summed E-state index contributed by atoms with van der Waals surface area (Å²) >= 11 is 0. The predicted octanol–water partition coefficient (Wildman–Crippen LogP) is 7.29. The maximum absolute atomic E-state index is 11.2. The molecule has 0 fully saturated rings. The second-order valence-electron chi connectivity index (χ2n) is 7.82. The molecule has 0 bridgehead atoms. The molecule has 0 spiro atoms. The number of carbonyl (C=O) groups excluding carboxylic acids is 1. The summed E-state index contributed by atoms with van der Waals surface area (Å²) in [5.74, 6) is -3.19. The van der Waals surface area contributed by atoms with Crippen LogP contribution in [0.5, 0.6) is 0 Å². The Labute approximate surface area is 228 Å². The Kier molecular flexibility index (Phi) is 42.3. The van der Waals surface area contributed by atoms with Crippen molar-refractivity contribution < 1.29 is 44.3 Å². The Bertz CT molecular complexity index is 597. The first kappa shape index (κ1) is 41.9. The van der Waals surface area contributed by atoms with Crippen LogP contribution in [0.3, 0.4) is 0 Å². The largest absolute Gasteiger partial charge is 0.478 e. The quantitative estimate of drug-likeness (QED) is 0.0474. The minimum absolute atomic E-state index is 0.246. The van der Waals surface area contributed by atoms with E-state index in [9.17, 15) is 19.2 Å². The van der Waals surface area contributed by atoms with E-state index in [-0.39, 0.29) is 5.97 Å². The van der Waals surface area contributed by atoms with Crippen LogP contribution >= 0.6 is 0 Å². The van der Waals surface area contributed by atoms with Crippen molar-refractivity contribution in [1.29, 1.82) is 0 Å². The lowest BCUT2D eigenvalue weighted by Gasteiger charge is -2.01. The lowest BCUT2D eigenvalue weighted by molar-refractivity contribution is -0.269. The van der Waals surface area contributed by atoms with Crippen molar-refractivity contribution in [2.45, 2.75) is 104 Å². The van der Waals surface area contributed by atoms with Gasteiger partial charge < -0.3 is 15.3 Å². The molecule has 220 valence electrons. The normalized spacial score (nSPS) is 9.32. The summed E-state index contributed by atoms with van der Waals surface area (Å²) in [5.41, 5.74) is 0. The highest BCUT2D eigenvalue weighted by Gasteiger charge is 2.02. The average molecular weight is 543 g/mol. The van der Waals surface area contributed by atoms with Gasteiger partial charge in [-0.1, -0.05) is 90.2 Å². The molecule has 38 heavy (non-hydrogen) atoms. The van der Waals surface area contributed by atoms with Crippen LogP contribution in [-0.2, 0) is 29.0 Å². The number of hydrogen-bond acceptors (Lipinski definition) is 6. The standard InChI is InChI=1S/C20H38O3.3C3H4O2/c1-3-5-6-7-8-9-10-11-12-13-14-15-16-17-18-19-20(21)23-22-4-2;3*1-2-3(4)5/h11-12H,3-10,13-19H2,1-2H3;3*2H,1H2,(H,4,5)/b12-11-;;;. The monoisotopic (exact) mass is 542 g/mol. The molecule has 0 heterocycles. The summed E-state index contributed by atoms with van der Waals surface area (Å²) in [6.45, 7) is 13.4. The third-order valence-corrected chi connectivity index (χ3v) is 4.44. The van der Waals surface area contributed by atoms with Gasteiger partial charge in [-0.05, 0) is 39.0 Å². The van der Waals surface area contributed by atoms with Crippen molar-refractivity contribution in [3.63, 3.8) is 0 Å². The molecule has 0 aliphatic rings. The smallest absolute Gasteiger partial charge is 0.342 e. The summed E-state index contributed by atoms with van der Waals surface area (Å²) in [6.07, 6.45) is 24.1. The zero-order chi connectivity index (χ0) is 29.9. The van der Waals surface area contributed by atoms with Crippen molar-refractivity contribution in [3.05, 3.63) is 50.1 Å². The molecule has 9 nitrogen and oxygen atoms in total. The van der Waals surface area contributed by atoms with Gasteiger partial charge in [0, 0.05) is 24.6 Å². The van der Waals surface area contributed by atoms with Crippen molar-refractivity contribution in [3.8, 4) is 0 Å². The maximum Gasteiger partial charge on any atom is 0.342 e. The second-order valence-corrected chi connectivity index (χ2v) is 7.82. The molecule has 0 amide bonds. The zero-order valence-electron chi connectivity index (χ0n) is 23.4. The third-order valence-electron chi connectivity index (χ3n) is 4.44. The number of unbranched alkanes of at least 4 members (excludes halogenated alkanes) is 11. The van der Waals surface area contributed by atoms with Crippen LogP contribution in [-0.4, -0.2) is 45.8 Å². The van der Waals surface area contributed by atoms with E-state index >= 15 is 0 Å². The van der Waals surface area contributed by atoms with E-state index in [1.54, 1.807) is 6.92 Å². The van der Waals surface area contributed by atoms with E-state index in [4.69, 9.17) is 15.3 Å². The molecular weight excluding hydrogens is 492 g/mol. The Morgan fingerprint density at radius 1 is 0.605 bits per heavy atom. The van der Waals surface area contributed by atoms with Crippen LogP contribution in [0, 0.1) is 0 Å². The molecule has 0 saturated heterocycles. The Morgan fingerprint density at radius 3 is 1.29 bits per heavy atom. The minimum atomic E-state index is -0.981. The van der Waals surface area contributed by atoms with Gasteiger partial charge in [0.05, 0.1) is 6.61 Å². The first-order chi connectivity index (χ1) is 18.1. The summed E-state index contributed by atoms with van der Waals surface area (Å²) in [4.78, 5) is 48.1. The highest BCUT2D eigenvalue weighted by Crippen LogP contribution is 2.10. The first-order valence-electron chi connectivity index (χ1n) is 13.2. The molecule has 9 heteroatoms. The van der Waals surface area contributed by atoms with Crippen LogP contribution < -0.4 is 0 Å². The zero-order valence-corrected chi connectivity index (χ0v) is 23.4. The summed E-state index contributed by atoms with van der Waals surface area (Å²) in [6, 6.07) is 0. The fraction of sp³-hybridized carbons (Fsp3) is 0.586. The van der Waals surface area contributed by atoms with E-state index in [1.807, 2.05) is 0 Å². The predicted molar refractivity (Wildman–Crippen MR) is 151 cm³/mol. The SMILES string of the molecule is C=CC(=O)O.C=CC(=O)O.C=CC(=O)O.CCCCCCCC/C=C\CCCCCCCC(=O)OOCC. The molecule has 0 aromatic rings. The number of carbonyl (C=O) groups is 4. The van der Waals surface area contributed by atoms with Gasteiger partial charge in [-0.15, -0.1) is 0 Å². The van der Waals surface area contributed by atoms with Crippen molar-refractivity contribution in [1.82, 2.24) is 0 Å². The topological polar surface area (TPSA) is 147 Å². The van der Waals surface area contributed by atoms with Crippen molar-refractivity contribution in [2.75, 3.05) is 6.61 Å². The summed E-state index contributed by atoms with van der Waals surface area (Å²) in [7, 11) is 0. The second kappa shape index (κ2) is 38.3. The molecule has 3 N–H and O–H groups in total. The van der Waals surface area contributed by atoms with Crippen LogP contribution in [0.4, 0.5) is 0 Å². The Morgan fingerprint density at radius 2 is 0.947 bits per heavy atom. The number of allylic oxidation sites excluding steroid dienone is 2. The Balaban J connectivity index is -0.000000311. The van der Waals surface area contributed by atoms with Crippen LogP contribution in [0.15, 0.2) is 50.1 Å².